The number of esters is 2. The lowest BCUT2D eigenvalue weighted by Gasteiger charge is -2.14. The Balaban J connectivity index is 1.56. The van der Waals surface area contributed by atoms with Crippen LogP contribution in [0.25, 0.3) is 0 Å². The average molecular weight is 654 g/mol. The smallest absolute Gasteiger partial charge is 0.348 e. The van der Waals surface area contributed by atoms with Gasteiger partial charge in [-0.15, -0.1) is 21.5 Å². The molecule has 4 aromatic rings. The van der Waals surface area contributed by atoms with Crippen LogP contribution in [0.2, 0.25) is 0 Å². The van der Waals surface area contributed by atoms with Gasteiger partial charge in [0.15, 0.2) is 11.0 Å². The van der Waals surface area contributed by atoms with Crippen molar-refractivity contribution in [2.75, 3.05) is 18.5 Å². The normalized spacial score (nSPS) is 11.5. The third-order valence-electron chi connectivity index (χ3n) is 6.48. The third-order valence-corrected chi connectivity index (χ3v) is 8.75. The van der Waals surface area contributed by atoms with Crippen LogP contribution in [0.1, 0.15) is 68.1 Å². The maximum absolute atomic E-state index is 14.1. The first-order valence-electron chi connectivity index (χ1n) is 14.1. The zero-order chi connectivity index (χ0) is 32.5. The number of hydrogen-bond acceptors (Lipinski definition) is 10. The average Bonchev–Trinajstić information content (AvgIpc) is 3.55. The van der Waals surface area contributed by atoms with E-state index in [1.165, 1.54) is 18.2 Å². The number of nitrogens with one attached hydrogen (secondary N) is 2. The molecule has 2 aromatic heterocycles. The van der Waals surface area contributed by atoms with Gasteiger partial charge >= 0.3 is 11.9 Å². The van der Waals surface area contributed by atoms with Crippen molar-refractivity contribution in [2.24, 2.45) is 0 Å². The molecule has 2 heterocycles. The molecule has 14 heteroatoms. The van der Waals surface area contributed by atoms with E-state index in [0.29, 0.717) is 23.1 Å². The van der Waals surface area contributed by atoms with Crippen molar-refractivity contribution in [1.82, 2.24) is 20.1 Å². The molecule has 0 saturated heterocycles. The maximum Gasteiger partial charge on any atom is 0.348 e. The lowest BCUT2D eigenvalue weighted by molar-refractivity contribution is -0.115. The van der Waals surface area contributed by atoms with Crippen LogP contribution < -0.4 is 10.6 Å². The number of ether oxygens (including phenoxy) is 2. The highest BCUT2D eigenvalue weighted by Gasteiger charge is 2.29. The van der Waals surface area contributed by atoms with Crippen molar-refractivity contribution in [3.8, 4) is 0 Å². The molecule has 1 atom stereocenters. The largest absolute Gasteiger partial charge is 0.462 e. The van der Waals surface area contributed by atoms with E-state index in [1.807, 2.05) is 30.3 Å². The predicted molar refractivity (Wildman–Crippen MR) is 168 cm³/mol. The van der Waals surface area contributed by atoms with E-state index in [2.05, 4.69) is 20.8 Å². The van der Waals surface area contributed by atoms with Gasteiger partial charge in [-0.25, -0.2) is 14.0 Å². The molecule has 0 bridgehead atoms. The van der Waals surface area contributed by atoms with Gasteiger partial charge in [-0.2, -0.15) is 0 Å². The molecular weight excluding hydrogens is 622 g/mol. The number of anilines is 1. The molecule has 0 fully saturated rings. The molecule has 45 heavy (non-hydrogen) atoms. The molecule has 0 aliphatic rings. The standard InChI is InChI=1S/C31H32FN5O6S2/c1-5-42-29(40)24-18(3)25(30(41)43-6-2)45-28(24)34-26(38)19(4)44-31-36-35-23(37(31)17-20-12-8-7-9-13-20)16-33-27(39)21-14-10-11-15-22(21)32/h7-15,19H,5-6,16-17H2,1-4H3,(H,33,39)(H,34,38). The summed E-state index contributed by atoms with van der Waals surface area (Å²) in [6.45, 7) is 7.17. The second-order valence-electron chi connectivity index (χ2n) is 9.58. The van der Waals surface area contributed by atoms with Crippen molar-refractivity contribution in [1.29, 1.82) is 0 Å². The third kappa shape index (κ3) is 8.13. The van der Waals surface area contributed by atoms with Gasteiger partial charge in [-0.3, -0.25) is 9.59 Å². The number of amides is 2. The number of benzene rings is 2. The summed E-state index contributed by atoms with van der Waals surface area (Å²) in [5.74, 6) is -2.56. The molecular formula is C31H32FN5O6S2. The Morgan fingerprint density at radius 3 is 2.33 bits per heavy atom. The van der Waals surface area contributed by atoms with Gasteiger partial charge in [0.25, 0.3) is 5.91 Å². The van der Waals surface area contributed by atoms with Crippen LogP contribution in [-0.4, -0.2) is 57.0 Å². The van der Waals surface area contributed by atoms with Gasteiger partial charge in [0.1, 0.15) is 15.7 Å². The van der Waals surface area contributed by atoms with E-state index >= 15 is 0 Å². The summed E-state index contributed by atoms with van der Waals surface area (Å²) >= 11 is 2.06. The topological polar surface area (TPSA) is 142 Å². The first kappa shape index (κ1) is 33.3. The van der Waals surface area contributed by atoms with Gasteiger partial charge in [0.05, 0.1) is 42.7 Å². The van der Waals surface area contributed by atoms with Gasteiger partial charge in [-0.1, -0.05) is 54.2 Å². The van der Waals surface area contributed by atoms with Crippen LogP contribution in [0.3, 0.4) is 0 Å². The minimum Gasteiger partial charge on any atom is -0.462 e. The zero-order valence-electron chi connectivity index (χ0n) is 25.1. The fourth-order valence-corrected chi connectivity index (χ4v) is 6.19. The molecule has 0 spiro atoms. The summed E-state index contributed by atoms with van der Waals surface area (Å²) in [5, 5.41) is 13.8. The Kier molecular flexibility index (Phi) is 11.4. The number of rotatable bonds is 13. The molecule has 1 unspecified atom stereocenters. The summed E-state index contributed by atoms with van der Waals surface area (Å²) < 4.78 is 26.2. The van der Waals surface area contributed by atoms with Crippen molar-refractivity contribution in [3.63, 3.8) is 0 Å². The molecule has 0 radical (unpaired) electrons. The van der Waals surface area contributed by atoms with Gasteiger partial charge in [0.2, 0.25) is 5.91 Å². The van der Waals surface area contributed by atoms with Crippen LogP contribution in [-0.2, 0) is 27.4 Å². The summed E-state index contributed by atoms with van der Waals surface area (Å²) in [7, 11) is 0. The van der Waals surface area contributed by atoms with E-state index in [-0.39, 0.29) is 40.8 Å². The Hall–Kier alpha value is -4.56. The number of hydrogen-bond donors (Lipinski definition) is 2. The number of nitrogens with zero attached hydrogens (tertiary/aromatic N) is 3. The minimum atomic E-state index is -0.729. The van der Waals surface area contributed by atoms with Crippen molar-refractivity contribution >= 4 is 51.9 Å². The number of thioether (sulfide) groups is 1. The number of thiophene rings is 1. The molecule has 0 saturated carbocycles. The van der Waals surface area contributed by atoms with Crippen LogP contribution in [0.5, 0.6) is 0 Å². The molecule has 236 valence electrons. The SMILES string of the molecule is CCOC(=O)c1sc(NC(=O)C(C)Sc2nnc(CNC(=O)c3ccccc3F)n2Cc2ccccc2)c(C(=O)OCC)c1C. The summed E-state index contributed by atoms with van der Waals surface area (Å²) in [5.41, 5.74) is 1.29. The number of carbonyl (C=O) groups is 4. The van der Waals surface area contributed by atoms with Crippen molar-refractivity contribution in [2.45, 2.75) is 51.2 Å². The van der Waals surface area contributed by atoms with Crippen LogP contribution in [0.15, 0.2) is 59.8 Å². The number of halogens is 1. The van der Waals surface area contributed by atoms with Gasteiger partial charge < -0.3 is 24.7 Å². The quantitative estimate of drug-likeness (QED) is 0.146. The molecule has 4 rings (SSSR count). The fourth-order valence-electron chi connectivity index (χ4n) is 4.23. The van der Waals surface area contributed by atoms with Gasteiger partial charge in [0, 0.05) is 0 Å². The van der Waals surface area contributed by atoms with Crippen molar-refractivity contribution < 1.29 is 33.0 Å². The molecule has 2 aromatic carbocycles. The highest BCUT2D eigenvalue weighted by Crippen LogP contribution is 2.35. The van der Waals surface area contributed by atoms with E-state index in [1.54, 1.807) is 38.3 Å². The first-order chi connectivity index (χ1) is 21.6. The molecule has 2 amide bonds. The molecule has 0 aliphatic carbocycles. The van der Waals surface area contributed by atoms with E-state index in [0.717, 1.165) is 28.7 Å². The first-order valence-corrected chi connectivity index (χ1v) is 15.8. The second-order valence-corrected chi connectivity index (χ2v) is 11.9. The lowest BCUT2D eigenvalue weighted by Crippen LogP contribution is -2.26. The molecule has 0 aliphatic heterocycles. The van der Waals surface area contributed by atoms with Crippen LogP contribution >= 0.6 is 23.1 Å². The molecule has 2 N–H and O–H groups in total. The minimum absolute atomic E-state index is 0.0395. The van der Waals surface area contributed by atoms with E-state index < -0.39 is 34.8 Å². The zero-order valence-corrected chi connectivity index (χ0v) is 26.7. The van der Waals surface area contributed by atoms with Crippen LogP contribution in [0.4, 0.5) is 9.39 Å². The number of carbonyl (C=O) groups excluding carboxylic acids is 4. The van der Waals surface area contributed by atoms with Crippen molar-refractivity contribution in [3.05, 3.63) is 93.4 Å². The van der Waals surface area contributed by atoms with E-state index in [9.17, 15) is 23.6 Å². The van der Waals surface area contributed by atoms with Gasteiger partial charge in [-0.05, 0) is 51.0 Å². The van der Waals surface area contributed by atoms with Crippen LogP contribution in [0, 0.1) is 12.7 Å². The summed E-state index contributed by atoms with van der Waals surface area (Å²) in [4.78, 5) is 51.5. The highest BCUT2D eigenvalue weighted by molar-refractivity contribution is 8.00. The van der Waals surface area contributed by atoms with E-state index in [4.69, 9.17) is 9.47 Å². The summed E-state index contributed by atoms with van der Waals surface area (Å²) in [6, 6.07) is 15.2. The Labute approximate surface area is 267 Å². The molecule has 11 nitrogen and oxygen atoms in total. The Bertz CT molecular complexity index is 1690. The monoisotopic (exact) mass is 653 g/mol. The maximum atomic E-state index is 14.1. The Morgan fingerprint density at radius 1 is 0.978 bits per heavy atom. The number of aromatic nitrogens is 3. The fraction of sp³-hybridized carbons (Fsp3) is 0.290. The second kappa shape index (κ2) is 15.4. The Morgan fingerprint density at radius 2 is 1.64 bits per heavy atom. The lowest BCUT2D eigenvalue weighted by atomic mass is 10.1. The highest BCUT2D eigenvalue weighted by atomic mass is 32.2. The summed E-state index contributed by atoms with van der Waals surface area (Å²) in [6.07, 6.45) is 0. The predicted octanol–water partition coefficient (Wildman–Crippen LogP) is 5.24.